The lowest BCUT2D eigenvalue weighted by Gasteiger charge is -2.36. The van der Waals surface area contributed by atoms with Gasteiger partial charge in [0.2, 0.25) is 11.9 Å². The molecule has 8 nitrogen and oxygen atoms in total. The number of aliphatic hydroxyl groups is 1. The van der Waals surface area contributed by atoms with Crippen LogP contribution in [0.15, 0.2) is 36.5 Å². The van der Waals surface area contributed by atoms with Crippen LogP contribution in [-0.4, -0.2) is 51.1 Å². The van der Waals surface area contributed by atoms with Gasteiger partial charge in [0.1, 0.15) is 11.4 Å². The van der Waals surface area contributed by atoms with E-state index < -0.39 is 22.8 Å². The maximum atomic E-state index is 14.0. The highest BCUT2D eigenvalue weighted by Gasteiger charge is 2.40. The molecule has 1 fully saturated rings. The Labute approximate surface area is 256 Å². The molecule has 11 heteroatoms. The van der Waals surface area contributed by atoms with Crippen LogP contribution in [0.25, 0.3) is 0 Å². The number of fused-ring (bicyclic) bond motifs is 1. The van der Waals surface area contributed by atoms with Crippen molar-refractivity contribution in [2.45, 2.75) is 84.0 Å². The fourth-order valence-electron chi connectivity index (χ4n) is 6.43. The Morgan fingerprint density at radius 1 is 1.11 bits per heavy atom. The molecule has 1 aromatic heterocycles. The largest absolute Gasteiger partial charge is 0.421 e. The summed E-state index contributed by atoms with van der Waals surface area (Å²) in [6, 6.07) is 9.50. The van der Waals surface area contributed by atoms with Gasteiger partial charge in [0.25, 0.3) is 0 Å². The quantitative estimate of drug-likeness (QED) is 0.227. The number of nitrogens with zero attached hydrogens (tertiary/aromatic N) is 3. The van der Waals surface area contributed by atoms with Gasteiger partial charge < -0.3 is 26.0 Å². The molecule has 0 saturated carbocycles. The standard InChI is InChI=1S/C33H41F3N6O2/c1-19-15-26(20(2)14-23(19)21-10-12-42(13-11-21)18-31(3,4)44)40-30-38-17-24(33(34,35)36)28(41-30)37-16-22-8-7-9-25-27(22)32(5,6)29(43)39-25/h7-9,14-15,17,21,44H,10-13,16,18H2,1-6H3,(H,39,43)(H2,37,38,40,41). The number of hydrogen-bond acceptors (Lipinski definition) is 7. The van der Waals surface area contributed by atoms with Gasteiger partial charge in [0.15, 0.2) is 0 Å². The molecule has 0 aliphatic carbocycles. The number of carbonyl (C=O) groups excluding carboxylic acids is 1. The molecule has 1 amide bonds. The summed E-state index contributed by atoms with van der Waals surface area (Å²) in [5.41, 5.74) is 3.65. The van der Waals surface area contributed by atoms with Crippen LogP contribution >= 0.6 is 0 Å². The average molecular weight is 611 g/mol. The number of aryl methyl sites for hydroxylation is 2. The Morgan fingerprint density at radius 3 is 2.48 bits per heavy atom. The fraction of sp³-hybridized carbons (Fsp3) is 0.485. The number of hydrogen-bond donors (Lipinski definition) is 4. The summed E-state index contributed by atoms with van der Waals surface area (Å²) < 4.78 is 41.9. The first-order valence-electron chi connectivity index (χ1n) is 15.0. The number of alkyl halides is 3. The summed E-state index contributed by atoms with van der Waals surface area (Å²) in [4.78, 5) is 23.0. The number of carbonyl (C=O) groups is 1. The number of amides is 1. The lowest BCUT2D eigenvalue weighted by molar-refractivity contribution is -0.137. The zero-order valence-electron chi connectivity index (χ0n) is 26.1. The van der Waals surface area contributed by atoms with E-state index in [0.29, 0.717) is 23.7 Å². The molecule has 0 bridgehead atoms. The number of aromatic nitrogens is 2. The SMILES string of the molecule is Cc1cc(C2CCN(CC(C)(C)O)CC2)c(C)cc1Nc1ncc(C(F)(F)F)c(NCc2cccc3c2C(C)(C)C(=O)N3)n1. The van der Waals surface area contributed by atoms with Gasteiger partial charge in [-0.15, -0.1) is 0 Å². The third-order valence-corrected chi connectivity index (χ3v) is 8.63. The number of nitrogens with one attached hydrogen (secondary N) is 3. The summed E-state index contributed by atoms with van der Waals surface area (Å²) in [6.07, 6.45) is -1.88. The van der Waals surface area contributed by atoms with E-state index in [1.807, 2.05) is 33.8 Å². The number of halogens is 3. The molecule has 5 rings (SSSR count). The topological polar surface area (TPSA) is 102 Å². The molecule has 3 heterocycles. The average Bonchev–Trinajstić information content (AvgIpc) is 3.16. The first-order valence-corrected chi connectivity index (χ1v) is 15.0. The van der Waals surface area contributed by atoms with Crippen molar-refractivity contribution in [3.8, 4) is 0 Å². The molecule has 1 saturated heterocycles. The van der Waals surface area contributed by atoms with E-state index in [0.717, 1.165) is 54.5 Å². The number of benzene rings is 2. The Hall–Kier alpha value is -3.70. The molecular weight excluding hydrogens is 569 g/mol. The van der Waals surface area contributed by atoms with Gasteiger partial charge in [-0.25, -0.2) is 4.98 Å². The molecule has 236 valence electrons. The lowest BCUT2D eigenvalue weighted by atomic mass is 9.83. The van der Waals surface area contributed by atoms with Gasteiger partial charge >= 0.3 is 6.18 Å². The minimum absolute atomic E-state index is 0.0442. The van der Waals surface area contributed by atoms with Crippen LogP contribution < -0.4 is 16.0 Å². The van der Waals surface area contributed by atoms with Crippen LogP contribution in [0.2, 0.25) is 0 Å². The van der Waals surface area contributed by atoms with E-state index in [2.05, 4.69) is 36.9 Å². The van der Waals surface area contributed by atoms with Crippen molar-refractivity contribution in [3.63, 3.8) is 0 Å². The van der Waals surface area contributed by atoms with Crippen molar-refractivity contribution in [1.82, 2.24) is 14.9 Å². The summed E-state index contributed by atoms with van der Waals surface area (Å²) in [5.74, 6) is -0.0520. The molecule has 2 aliphatic heterocycles. The third-order valence-electron chi connectivity index (χ3n) is 8.63. The second-order valence-corrected chi connectivity index (χ2v) is 13.2. The molecule has 3 aromatic rings. The number of anilines is 4. The van der Waals surface area contributed by atoms with E-state index in [1.165, 1.54) is 5.56 Å². The Morgan fingerprint density at radius 2 is 1.82 bits per heavy atom. The molecule has 2 aromatic carbocycles. The van der Waals surface area contributed by atoms with Crippen LogP contribution in [0.4, 0.5) is 36.3 Å². The normalized spacial score (nSPS) is 17.4. The fourth-order valence-corrected chi connectivity index (χ4v) is 6.43. The highest BCUT2D eigenvalue weighted by molar-refractivity contribution is 6.06. The monoisotopic (exact) mass is 610 g/mol. The number of rotatable bonds is 8. The second-order valence-electron chi connectivity index (χ2n) is 13.2. The predicted octanol–water partition coefficient (Wildman–Crippen LogP) is 6.65. The summed E-state index contributed by atoms with van der Waals surface area (Å²) >= 11 is 0. The predicted molar refractivity (Wildman–Crippen MR) is 166 cm³/mol. The molecular formula is C33H41F3N6O2. The van der Waals surface area contributed by atoms with Crippen molar-refractivity contribution >= 4 is 29.0 Å². The lowest BCUT2D eigenvalue weighted by Crippen LogP contribution is -2.42. The summed E-state index contributed by atoms with van der Waals surface area (Å²) in [7, 11) is 0. The van der Waals surface area contributed by atoms with Crippen molar-refractivity contribution in [3.05, 3.63) is 69.9 Å². The van der Waals surface area contributed by atoms with Gasteiger partial charge in [-0.05, 0) is 113 Å². The first-order chi connectivity index (χ1) is 20.5. The smallest absolute Gasteiger partial charge is 0.389 e. The van der Waals surface area contributed by atoms with Gasteiger partial charge in [-0.3, -0.25) is 4.79 Å². The van der Waals surface area contributed by atoms with Crippen molar-refractivity contribution in [2.75, 3.05) is 35.6 Å². The maximum absolute atomic E-state index is 14.0. The van der Waals surface area contributed by atoms with Gasteiger partial charge in [0, 0.05) is 30.7 Å². The Bertz CT molecular complexity index is 1560. The van der Waals surface area contributed by atoms with Crippen molar-refractivity contribution in [2.24, 2.45) is 0 Å². The molecule has 0 spiro atoms. The first kappa shape index (κ1) is 31.7. The summed E-state index contributed by atoms with van der Waals surface area (Å²) in [5, 5.41) is 19.0. The Balaban J connectivity index is 1.35. The van der Waals surface area contributed by atoms with Gasteiger partial charge in [-0.1, -0.05) is 18.2 Å². The molecule has 0 atom stereocenters. The highest BCUT2D eigenvalue weighted by atomic mass is 19.4. The van der Waals surface area contributed by atoms with Crippen molar-refractivity contribution in [1.29, 1.82) is 0 Å². The minimum Gasteiger partial charge on any atom is -0.389 e. The number of β-amino-alcohol motifs (C(OH)–C–C–N with tert-alkyl or cyclic N) is 1. The molecule has 2 aliphatic rings. The Kier molecular flexibility index (Phi) is 8.41. The summed E-state index contributed by atoms with van der Waals surface area (Å²) in [6.45, 7) is 13.8. The zero-order chi connectivity index (χ0) is 32.0. The third kappa shape index (κ3) is 6.68. The van der Waals surface area contributed by atoms with Crippen molar-refractivity contribution < 1.29 is 23.1 Å². The van der Waals surface area contributed by atoms with Crippen LogP contribution in [-0.2, 0) is 22.9 Å². The number of piperidine rings is 1. The molecule has 4 N–H and O–H groups in total. The van der Waals surface area contributed by atoms with Crippen LogP contribution in [0.1, 0.15) is 79.8 Å². The highest BCUT2D eigenvalue weighted by Crippen LogP contribution is 2.41. The molecule has 0 unspecified atom stereocenters. The van der Waals surface area contributed by atoms with Gasteiger partial charge in [-0.2, -0.15) is 18.2 Å². The van der Waals surface area contributed by atoms with E-state index in [-0.39, 0.29) is 24.2 Å². The van der Waals surface area contributed by atoms with E-state index in [9.17, 15) is 23.1 Å². The zero-order valence-corrected chi connectivity index (χ0v) is 26.1. The van der Waals surface area contributed by atoms with Crippen LogP contribution in [0.3, 0.4) is 0 Å². The van der Waals surface area contributed by atoms with Crippen LogP contribution in [0.5, 0.6) is 0 Å². The number of likely N-dealkylation sites (tertiary alicyclic amines) is 1. The molecule has 0 radical (unpaired) electrons. The maximum Gasteiger partial charge on any atom is 0.421 e. The minimum atomic E-state index is -4.66. The van der Waals surface area contributed by atoms with Crippen LogP contribution in [0, 0.1) is 13.8 Å². The van der Waals surface area contributed by atoms with E-state index in [4.69, 9.17) is 0 Å². The van der Waals surface area contributed by atoms with E-state index >= 15 is 0 Å². The van der Waals surface area contributed by atoms with Gasteiger partial charge in [0.05, 0.1) is 11.0 Å². The second kappa shape index (κ2) is 11.7. The molecule has 44 heavy (non-hydrogen) atoms. The van der Waals surface area contributed by atoms with E-state index in [1.54, 1.807) is 32.0 Å².